The zero-order valence-corrected chi connectivity index (χ0v) is 21.1. The molecule has 0 aromatic heterocycles. The van der Waals surface area contributed by atoms with Gasteiger partial charge in [0.05, 0.1) is 12.6 Å². The van der Waals surface area contributed by atoms with Gasteiger partial charge in [-0.05, 0) is 54.2 Å². The number of nitrogens with one attached hydrogen (secondary N) is 1. The van der Waals surface area contributed by atoms with E-state index in [1.54, 1.807) is 19.2 Å². The van der Waals surface area contributed by atoms with Gasteiger partial charge in [0.2, 0.25) is 11.8 Å². The Bertz CT molecular complexity index is 1060. The molecule has 35 heavy (non-hydrogen) atoms. The summed E-state index contributed by atoms with van der Waals surface area (Å²) in [5.41, 5.74) is 21.1. The molecule has 1 aliphatic rings. The highest BCUT2D eigenvalue weighted by Crippen LogP contribution is 2.31. The SMILES string of the molecule is C=C(CC)[C@H](C(N)O)[C@@H](CC(C)C)C(=O)NCC(=O)N(C)c1ccccc1C(N)C1=CC=C=C=C1. The van der Waals surface area contributed by atoms with Gasteiger partial charge in [-0.1, -0.05) is 62.6 Å². The molecule has 0 fully saturated rings. The lowest BCUT2D eigenvalue weighted by atomic mass is 9.79. The molecule has 0 radical (unpaired) electrons. The van der Waals surface area contributed by atoms with E-state index in [9.17, 15) is 14.7 Å². The number of allylic oxidation sites excluding steroid dienone is 2. The Morgan fingerprint density at radius 3 is 2.46 bits per heavy atom. The molecule has 0 bridgehead atoms. The number of aliphatic hydroxyl groups is 1. The second kappa shape index (κ2) is 13.1. The lowest BCUT2D eigenvalue weighted by molar-refractivity contribution is -0.130. The van der Waals surface area contributed by atoms with Crippen molar-refractivity contribution in [1.82, 2.24) is 5.32 Å². The molecule has 7 nitrogen and oxygen atoms in total. The molecule has 0 saturated heterocycles. The quantitative estimate of drug-likeness (QED) is 0.209. The Hall–Kier alpha value is -3.18. The van der Waals surface area contributed by atoms with E-state index in [0.717, 1.165) is 11.1 Å². The maximum atomic E-state index is 13.2. The fourth-order valence-electron chi connectivity index (χ4n) is 4.26. The molecule has 1 aromatic rings. The van der Waals surface area contributed by atoms with Crippen molar-refractivity contribution in [3.8, 4) is 0 Å². The Balaban J connectivity index is 2.17. The van der Waals surface area contributed by atoms with Crippen molar-refractivity contribution in [2.75, 3.05) is 18.5 Å². The van der Waals surface area contributed by atoms with E-state index < -0.39 is 24.1 Å². The van der Waals surface area contributed by atoms with Crippen molar-refractivity contribution in [3.05, 3.63) is 77.2 Å². The van der Waals surface area contributed by atoms with Crippen molar-refractivity contribution in [2.45, 2.75) is 45.9 Å². The van der Waals surface area contributed by atoms with E-state index in [2.05, 4.69) is 23.4 Å². The van der Waals surface area contributed by atoms with Gasteiger partial charge in [-0.15, -0.1) is 0 Å². The van der Waals surface area contributed by atoms with Crippen molar-refractivity contribution in [1.29, 1.82) is 0 Å². The first-order valence-corrected chi connectivity index (χ1v) is 12.0. The number of carbonyl (C=O) groups is 2. The van der Waals surface area contributed by atoms with Gasteiger partial charge in [0, 0.05) is 24.6 Å². The number of nitrogens with two attached hydrogens (primary N) is 2. The largest absolute Gasteiger partial charge is 0.378 e. The first-order valence-electron chi connectivity index (χ1n) is 12.0. The Morgan fingerprint density at radius 2 is 1.89 bits per heavy atom. The maximum Gasteiger partial charge on any atom is 0.246 e. The van der Waals surface area contributed by atoms with E-state index in [0.29, 0.717) is 24.1 Å². The molecule has 0 heterocycles. The predicted molar refractivity (Wildman–Crippen MR) is 140 cm³/mol. The number of anilines is 1. The van der Waals surface area contributed by atoms with Crippen molar-refractivity contribution < 1.29 is 14.7 Å². The molecule has 2 unspecified atom stereocenters. The summed E-state index contributed by atoms with van der Waals surface area (Å²) in [7, 11) is 1.65. The third-order valence-electron chi connectivity index (χ3n) is 6.25. The van der Waals surface area contributed by atoms with Crippen LogP contribution in [0.2, 0.25) is 0 Å². The van der Waals surface area contributed by atoms with Crippen molar-refractivity contribution in [3.63, 3.8) is 0 Å². The van der Waals surface area contributed by atoms with E-state index in [1.807, 2.05) is 51.1 Å². The zero-order valence-electron chi connectivity index (χ0n) is 21.1. The smallest absolute Gasteiger partial charge is 0.246 e. The predicted octanol–water partition coefficient (Wildman–Crippen LogP) is 3.09. The molecule has 0 aliphatic heterocycles. The van der Waals surface area contributed by atoms with Crippen molar-refractivity contribution >= 4 is 17.5 Å². The van der Waals surface area contributed by atoms with Gasteiger partial charge in [-0.2, -0.15) is 0 Å². The summed E-state index contributed by atoms with van der Waals surface area (Å²) in [6.07, 6.45) is 5.27. The van der Waals surface area contributed by atoms with Crippen LogP contribution in [-0.4, -0.2) is 36.7 Å². The topological polar surface area (TPSA) is 122 Å². The molecule has 7 heteroatoms. The summed E-state index contributed by atoms with van der Waals surface area (Å²) in [4.78, 5) is 27.7. The Morgan fingerprint density at radius 1 is 1.20 bits per heavy atom. The summed E-state index contributed by atoms with van der Waals surface area (Å²) in [6, 6.07) is 6.94. The van der Waals surface area contributed by atoms with Gasteiger partial charge >= 0.3 is 0 Å². The Labute approximate surface area is 208 Å². The van der Waals surface area contributed by atoms with Crippen LogP contribution in [-0.2, 0) is 9.59 Å². The standard InChI is InChI=1S/C28H38N4O3/c1-6-19(4)25(27(30)34)22(16-18(2)3)28(35)31-17-24(33)32(5)23-15-11-10-14-21(23)26(29)20-12-8-7-9-13-20/h8,10-15,18,22,25-27,34H,4,6,16-17,29-30H2,1-3,5H3,(H,31,35)/t22-,25+,26?,27?/m1/s1. The molecule has 2 amide bonds. The molecule has 0 spiro atoms. The van der Waals surface area contributed by atoms with Crippen LogP contribution in [0.4, 0.5) is 5.69 Å². The van der Waals surface area contributed by atoms with E-state index >= 15 is 0 Å². The number of carbonyl (C=O) groups excluding carboxylic acids is 2. The minimum Gasteiger partial charge on any atom is -0.378 e. The lowest BCUT2D eigenvalue weighted by Crippen LogP contribution is -2.46. The second-order valence-electron chi connectivity index (χ2n) is 9.24. The lowest BCUT2D eigenvalue weighted by Gasteiger charge is -2.31. The van der Waals surface area contributed by atoms with Gasteiger partial charge in [0.15, 0.2) is 0 Å². The summed E-state index contributed by atoms with van der Waals surface area (Å²) in [6.45, 7) is 9.71. The molecule has 1 aliphatic carbocycles. The molecule has 1 aromatic carbocycles. The third-order valence-corrected chi connectivity index (χ3v) is 6.25. The van der Waals surface area contributed by atoms with Crippen LogP contribution < -0.4 is 21.7 Å². The summed E-state index contributed by atoms with van der Waals surface area (Å²) in [5.74, 6) is -1.61. The number of amides is 2. The molecule has 6 N–H and O–H groups in total. The maximum absolute atomic E-state index is 13.2. The molecule has 4 atom stereocenters. The van der Waals surface area contributed by atoms with Crippen LogP contribution in [0.1, 0.15) is 45.2 Å². The van der Waals surface area contributed by atoms with Crippen LogP contribution in [0.3, 0.4) is 0 Å². The number of benzene rings is 1. The van der Waals surface area contributed by atoms with Crippen LogP contribution in [0.5, 0.6) is 0 Å². The number of hydrogen-bond donors (Lipinski definition) is 4. The molecule has 2 rings (SSSR count). The van der Waals surface area contributed by atoms with E-state index in [-0.39, 0.29) is 24.3 Å². The average Bonchev–Trinajstić information content (AvgIpc) is 2.85. The molecular weight excluding hydrogens is 440 g/mol. The normalized spacial score (nSPS) is 15.8. The highest BCUT2D eigenvalue weighted by Gasteiger charge is 2.34. The van der Waals surface area contributed by atoms with Crippen LogP contribution in [0.25, 0.3) is 0 Å². The minimum atomic E-state index is -1.21. The van der Waals surface area contributed by atoms with Gasteiger partial charge < -0.3 is 26.8 Å². The van der Waals surface area contributed by atoms with Gasteiger partial charge in [0.1, 0.15) is 6.23 Å². The average molecular weight is 479 g/mol. The summed E-state index contributed by atoms with van der Waals surface area (Å²) in [5, 5.41) is 12.9. The second-order valence-corrected chi connectivity index (χ2v) is 9.24. The number of aliphatic hydroxyl groups excluding tert-OH is 1. The summed E-state index contributed by atoms with van der Waals surface area (Å²) >= 11 is 0. The molecule has 0 saturated carbocycles. The molecular formula is C28H38N4O3. The fourth-order valence-corrected chi connectivity index (χ4v) is 4.26. The highest BCUT2D eigenvalue weighted by atomic mass is 16.3. The van der Waals surface area contributed by atoms with Gasteiger partial charge in [-0.25, -0.2) is 0 Å². The minimum absolute atomic E-state index is 0.191. The van der Waals surface area contributed by atoms with Crippen LogP contribution in [0.15, 0.2) is 71.7 Å². The summed E-state index contributed by atoms with van der Waals surface area (Å²) < 4.78 is 0. The first-order chi connectivity index (χ1) is 16.6. The Kier molecular flexibility index (Phi) is 10.5. The van der Waals surface area contributed by atoms with Crippen LogP contribution in [0, 0.1) is 17.8 Å². The fraction of sp³-hybridized carbons (Fsp3) is 0.429. The highest BCUT2D eigenvalue weighted by molar-refractivity contribution is 5.97. The van der Waals surface area contributed by atoms with E-state index in [4.69, 9.17) is 11.5 Å². The first kappa shape index (κ1) is 28.1. The zero-order chi connectivity index (χ0) is 26.1. The van der Waals surface area contributed by atoms with Gasteiger partial charge in [-0.3, -0.25) is 9.59 Å². The molecule has 188 valence electrons. The van der Waals surface area contributed by atoms with E-state index in [1.165, 1.54) is 4.90 Å². The number of nitrogens with zero attached hydrogens (tertiary/aromatic N) is 1. The van der Waals surface area contributed by atoms with Gasteiger partial charge in [0.25, 0.3) is 0 Å². The monoisotopic (exact) mass is 478 g/mol. The number of likely N-dealkylation sites (N-methyl/N-ethyl adjacent to an activating group) is 1. The third kappa shape index (κ3) is 7.40. The number of para-hydroxylation sites is 1. The number of rotatable bonds is 12. The van der Waals surface area contributed by atoms with Crippen molar-refractivity contribution in [2.24, 2.45) is 29.2 Å². The van der Waals surface area contributed by atoms with Crippen LogP contribution >= 0.6 is 0 Å². The number of hydrogen-bond acceptors (Lipinski definition) is 5.